The number of rotatable bonds is 20. The van der Waals surface area contributed by atoms with Crippen LogP contribution in [0.5, 0.6) is 11.5 Å². The number of Topliss-reactive ketones (excluding diaryl/α,β-unsaturated/α-hetero) is 1. The highest BCUT2D eigenvalue weighted by atomic mass is 19.1. The summed E-state index contributed by atoms with van der Waals surface area (Å²) in [6.07, 6.45) is 16.2. The lowest BCUT2D eigenvalue weighted by Gasteiger charge is -2.38. The molecule has 1 fully saturated rings. The number of ketones is 1. The molecule has 0 saturated carbocycles. The molecule has 0 radical (unpaired) electrons. The van der Waals surface area contributed by atoms with Gasteiger partial charge in [-0.25, -0.2) is 4.39 Å². The number of ether oxygens (including phenoxy) is 2. The van der Waals surface area contributed by atoms with Gasteiger partial charge in [-0.05, 0) is 105 Å². The van der Waals surface area contributed by atoms with E-state index in [0.717, 1.165) is 82.4 Å². The fourth-order valence-electron chi connectivity index (χ4n) is 6.94. The first-order chi connectivity index (χ1) is 21.3. The van der Waals surface area contributed by atoms with Crippen LogP contribution in [0.3, 0.4) is 0 Å². The van der Waals surface area contributed by atoms with Gasteiger partial charge < -0.3 is 14.4 Å². The third-order valence-corrected chi connectivity index (χ3v) is 9.80. The van der Waals surface area contributed by atoms with E-state index in [1.807, 2.05) is 6.07 Å². The number of halogens is 1. The highest BCUT2D eigenvalue weighted by molar-refractivity contribution is 5.97. The molecule has 3 rings (SSSR count). The molecule has 0 bridgehead atoms. The Morgan fingerprint density at radius 2 is 1.59 bits per heavy atom. The first-order valence-electron chi connectivity index (χ1n) is 17.0. The molecule has 0 amide bonds. The third-order valence-electron chi connectivity index (χ3n) is 9.80. The molecule has 2 unspecified atom stereocenters. The Kier molecular flexibility index (Phi) is 15.2. The van der Waals surface area contributed by atoms with Crippen LogP contribution in [0.2, 0.25) is 0 Å². The summed E-state index contributed by atoms with van der Waals surface area (Å²) in [5.74, 6) is 1.40. The number of methoxy groups -OCH3 is 2. The molecule has 1 heterocycles. The summed E-state index contributed by atoms with van der Waals surface area (Å²) in [4.78, 5) is 15.8. The lowest BCUT2D eigenvalue weighted by atomic mass is 9.73. The topological polar surface area (TPSA) is 62.6 Å². The van der Waals surface area contributed by atoms with E-state index in [9.17, 15) is 9.18 Å². The van der Waals surface area contributed by atoms with Crippen LogP contribution in [-0.4, -0.2) is 44.0 Å². The van der Waals surface area contributed by atoms with Crippen molar-refractivity contribution in [2.75, 3.05) is 27.3 Å². The van der Waals surface area contributed by atoms with Gasteiger partial charge in [-0.15, -0.1) is 0 Å². The SMILES string of the molecule is CCCCCCC(CCCC(C)(CCCCCC#N)c1ccc(OC)c(OC)c1)N1CCC(C(=O)c2ccc(F)cc2)CC1. The monoisotopic (exact) mass is 606 g/mol. The van der Waals surface area contributed by atoms with Gasteiger partial charge >= 0.3 is 0 Å². The lowest BCUT2D eigenvalue weighted by molar-refractivity contribution is 0.0764. The second-order valence-corrected chi connectivity index (χ2v) is 12.9. The summed E-state index contributed by atoms with van der Waals surface area (Å²) in [6.45, 7) is 6.54. The molecular formula is C38H55FN2O3. The average molecular weight is 607 g/mol. The van der Waals surface area contributed by atoms with Gasteiger partial charge in [0.05, 0.1) is 20.3 Å². The molecule has 0 aliphatic carbocycles. The van der Waals surface area contributed by atoms with E-state index in [4.69, 9.17) is 14.7 Å². The molecule has 0 N–H and O–H groups in total. The number of benzene rings is 2. The fraction of sp³-hybridized carbons (Fsp3) is 0.632. The molecule has 2 aromatic carbocycles. The minimum Gasteiger partial charge on any atom is -0.493 e. The minimum atomic E-state index is -0.302. The third kappa shape index (κ3) is 10.6. The number of likely N-dealkylation sites (tertiary alicyclic amines) is 1. The van der Waals surface area contributed by atoms with E-state index in [-0.39, 0.29) is 22.9 Å². The number of piperidine rings is 1. The molecule has 1 aliphatic rings. The van der Waals surface area contributed by atoms with Gasteiger partial charge in [0.2, 0.25) is 0 Å². The van der Waals surface area contributed by atoms with Crippen molar-refractivity contribution in [1.82, 2.24) is 4.90 Å². The Balaban J connectivity index is 1.67. The molecule has 2 atom stereocenters. The summed E-state index contributed by atoms with van der Waals surface area (Å²) in [7, 11) is 3.37. The summed E-state index contributed by atoms with van der Waals surface area (Å²) < 4.78 is 24.6. The zero-order valence-electron chi connectivity index (χ0n) is 27.7. The van der Waals surface area contributed by atoms with Crippen molar-refractivity contribution in [1.29, 1.82) is 5.26 Å². The van der Waals surface area contributed by atoms with Crippen LogP contribution in [0.1, 0.15) is 126 Å². The number of carbonyl (C=O) groups is 1. The maximum absolute atomic E-state index is 13.4. The molecule has 2 aromatic rings. The molecule has 1 saturated heterocycles. The Labute approximate surface area is 266 Å². The quantitative estimate of drug-likeness (QED) is 0.111. The predicted molar refractivity (Wildman–Crippen MR) is 177 cm³/mol. The van der Waals surface area contributed by atoms with Crippen molar-refractivity contribution in [2.24, 2.45) is 5.92 Å². The van der Waals surface area contributed by atoms with Crippen LogP contribution in [0, 0.1) is 23.1 Å². The van der Waals surface area contributed by atoms with Crippen LogP contribution in [0.25, 0.3) is 0 Å². The van der Waals surface area contributed by atoms with Gasteiger partial charge in [-0.3, -0.25) is 4.79 Å². The van der Waals surface area contributed by atoms with Gasteiger partial charge in [-0.1, -0.05) is 64.9 Å². The zero-order chi connectivity index (χ0) is 31.8. The molecule has 242 valence electrons. The van der Waals surface area contributed by atoms with Crippen LogP contribution < -0.4 is 9.47 Å². The molecule has 5 nitrogen and oxygen atoms in total. The highest BCUT2D eigenvalue weighted by Gasteiger charge is 2.31. The Morgan fingerprint density at radius 1 is 0.932 bits per heavy atom. The van der Waals surface area contributed by atoms with Crippen LogP contribution in [0.15, 0.2) is 42.5 Å². The molecule has 6 heteroatoms. The number of hydrogen-bond acceptors (Lipinski definition) is 5. The van der Waals surface area contributed by atoms with Gasteiger partial charge in [0, 0.05) is 23.9 Å². The Bertz CT molecular complexity index is 1170. The van der Waals surface area contributed by atoms with Gasteiger partial charge in [-0.2, -0.15) is 5.26 Å². The highest BCUT2D eigenvalue weighted by Crippen LogP contribution is 2.40. The van der Waals surface area contributed by atoms with Gasteiger partial charge in [0.25, 0.3) is 0 Å². The Morgan fingerprint density at radius 3 is 2.25 bits per heavy atom. The zero-order valence-corrected chi connectivity index (χ0v) is 27.7. The van der Waals surface area contributed by atoms with Crippen molar-refractivity contribution in [3.63, 3.8) is 0 Å². The lowest BCUT2D eigenvalue weighted by Crippen LogP contribution is -2.43. The largest absolute Gasteiger partial charge is 0.493 e. The number of carbonyl (C=O) groups excluding carboxylic acids is 1. The minimum absolute atomic E-state index is 0.00747. The van der Waals surface area contributed by atoms with Crippen LogP contribution in [0.4, 0.5) is 4.39 Å². The second-order valence-electron chi connectivity index (χ2n) is 12.9. The number of hydrogen-bond donors (Lipinski definition) is 0. The van der Waals surface area contributed by atoms with Crippen molar-refractivity contribution >= 4 is 5.78 Å². The van der Waals surface area contributed by atoms with E-state index in [1.54, 1.807) is 26.4 Å². The van der Waals surface area contributed by atoms with Crippen molar-refractivity contribution in [3.8, 4) is 17.6 Å². The van der Waals surface area contributed by atoms with Gasteiger partial charge in [0.1, 0.15) is 5.82 Å². The summed E-state index contributed by atoms with van der Waals surface area (Å²) in [6, 6.07) is 15.2. The smallest absolute Gasteiger partial charge is 0.166 e. The number of nitriles is 1. The van der Waals surface area contributed by atoms with E-state index < -0.39 is 0 Å². The van der Waals surface area contributed by atoms with Crippen molar-refractivity contribution in [2.45, 2.75) is 122 Å². The van der Waals surface area contributed by atoms with E-state index in [0.29, 0.717) is 18.0 Å². The van der Waals surface area contributed by atoms with E-state index in [2.05, 4.69) is 36.9 Å². The first-order valence-corrected chi connectivity index (χ1v) is 17.0. The summed E-state index contributed by atoms with van der Waals surface area (Å²) in [5, 5.41) is 8.97. The summed E-state index contributed by atoms with van der Waals surface area (Å²) >= 11 is 0. The summed E-state index contributed by atoms with van der Waals surface area (Å²) in [5.41, 5.74) is 1.92. The maximum atomic E-state index is 13.4. The van der Waals surface area contributed by atoms with Gasteiger partial charge in [0.15, 0.2) is 17.3 Å². The molecule has 0 aromatic heterocycles. The Hall–Kier alpha value is -2.91. The second kappa shape index (κ2) is 18.8. The predicted octanol–water partition coefficient (Wildman–Crippen LogP) is 9.68. The standard InChI is InChI=1S/C38H55FN2O3/c1-5-6-7-10-14-34(41-27-22-31(23-28-41)37(42)30-16-19-33(39)20-17-30)15-13-25-38(2,24-11-8-9-12-26-40)32-18-21-35(43-3)36(29-32)44-4/h16-21,29,31,34H,5-15,22-25,27-28H2,1-4H3. The average Bonchev–Trinajstić information content (AvgIpc) is 3.05. The van der Waals surface area contributed by atoms with Crippen molar-refractivity contribution in [3.05, 3.63) is 59.4 Å². The van der Waals surface area contributed by atoms with Crippen molar-refractivity contribution < 1.29 is 18.7 Å². The normalized spacial score (nSPS) is 16.2. The molecule has 1 aliphatic heterocycles. The van der Waals surface area contributed by atoms with E-state index in [1.165, 1.54) is 49.8 Å². The molecular weight excluding hydrogens is 551 g/mol. The van der Waals surface area contributed by atoms with Crippen LogP contribution in [-0.2, 0) is 5.41 Å². The maximum Gasteiger partial charge on any atom is 0.166 e. The fourth-order valence-corrected chi connectivity index (χ4v) is 6.94. The number of nitrogens with zero attached hydrogens (tertiary/aromatic N) is 2. The molecule has 0 spiro atoms. The number of unbranched alkanes of at least 4 members (excludes halogenated alkanes) is 6. The first kappa shape index (κ1) is 35.6. The van der Waals surface area contributed by atoms with E-state index >= 15 is 0 Å². The van der Waals surface area contributed by atoms with Crippen LogP contribution >= 0.6 is 0 Å². The molecule has 44 heavy (non-hydrogen) atoms.